The smallest absolute Gasteiger partial charge is 0.406 e. The Morgan fingerprint density at radius 2 is 1.86 bits per heavy atom. The van der Waals surface area contributed by atoms with Crippen LogP contribution in [0.15, 0.2) is 51.8 Å². The van der Waals surface area contributed by atoms with Crippen molar-refractivity contribution in [1.82, 2.24) is 14.5 Å². The van der Waals surface area contributed by atoms with Gasteiger partial charge in [0.15, 0.2) is 11.5 Å². The molecule has 4 aromatic rings. The van der Waals surface area contributed by atoms with Gasteiger partial charge in [-0.15, -0.1) is 13.2 Å². The van der Waals surface area contributed by atoms with Crippen LogP contribution in [0.1, 0.15) is 21.7 Å². The molecule has 8 nitrogen and oxygen atoms in total. The highest BCUT2D eigenvalue weighted by Gasteiger charge is 2.31. The second-order valence-electron chi connectivity index (χ2n) is 7.68. The van der Waals surface area contributed by atoms with E-state index in [1.807, 2.05) is 0 Å². The molecule has 0 aliphatic carbocycles. The first-order valence-corrected chi connectivity index (χ1v) is 10.6. The highest BCUT2D eigenvalue weighted by Crippen LogP contribution is 2.35. The van der Waals surface area contributed by atoms with Gasteiger partial charge in [-0.25, -0.2) is 9.07 Å². The molecule has 1 N–H and O–H groups in total. The van der Waals surface area contributed by atoms with Gasteiger partial charge in [0.05, 0.1) is 10.7 Å². The van der Waals surface area contributed by atoms with Crippen molar-refractivity contribution in [3.05, 3.63) is 80.6 Å². The largest absolute Gasteiger partial charge is 0.573 e. The third-order valence-corrected chi connectivity index (χ3v) is 5.74. The molecule has 0 aliphatic heterocycles. The summed E-state index contributed by atoms with van der Waals surface area (Å²) in [5.41, 5.74) is -0.200. The number of hydrogen-bond donors (Lipinski definition) is 1. The van der Waals surface area contributed by atoms with Crippen LogP contribution in [0.5, 0.6) is 5.75 Å². The SMILES string of the molecule is Cc1c(C(=O)Nc2c(C)n(C)n(-c3ccccc3F)c2=O)noc1-c1ccc(OC(F)(F)F)cc1Cl. The van der Waals surface area contributed by atoms with Crippen molar-refractivity contribution in [2.45, 2.75) is 20.2 Å². The predicted molar refractivity (Wildman–Crippen MR) is 122 cm³/mol. The van der Waals surface area contributed by atoms with Crippen LogP contribution in [0.25, 0.3) is 17.0 Å². The van der Waals surface area contributed by atoms with E-state index in [0.717, 1.165) is 16.8 Å². The summed E-state index contributed by atoms with van der Waals surface area (Å²) in [5.74, 6) is -1.91. The van der Waals surface area contributed by atoms with Crippen molar-refractivity contribution in [1.29, 1.82) is 0 Å². The zero-order chi connectivity index (χ0) is 26.4. The Bertz CT molecular complexity index is 1540. The molecule has 0 atom stereocenters. The molecule has 13 heteroatoms. The van der Waals surface area contributed by atoms with Gasteiger partial charge < -0.3 is 14.6 Å². The van der Waals surface area contributed by atoms with Crippen LogP contribution in [-0.4, -0.2) is 26.8 Å². The Kier molecular flexibility index (Phi) is 6.39. The monoisotopic (exact) mass is 524 g/mol. The van der Waals surface area contributed by atoms with Crippen molar-refractivity contribution in [3.63, 3.8) is 0 Å². The first-order chi connectivity index (χ1) is 16.9. The lowest BCUT2D eigenvalue weighted by molar-refractivity contribution is -0.274. The zero-order valence-corrected chi connectivity index (χ0v) is 19.7. The second kappa shape index (κ2) is 9.19. The van der Waals surface area contributed by atoms with Crippen LogP contribution in [0, 0.1) is 19.7 Å². The summed E-state index contributed by atoms with van der Waals surface area (Å²) in [6.45, 7) is 3.06. The standard InChI is InChI=1S/C23H17ClF4N4O4/c1-11-18(30-36-20(11)14-9-8-13(10-15(14)24)35-23(26,27)28)21(33)29-19-12(2)31(3)32(22(19)34)17-7-5-4-6-16(17)25/h4-10H,1-3H3,(H,29,33). The molecule has 1 amide bonds. The number of para-hydroxylation sites is 1. The molecule has 0 saturated carbocycles. The van der Waals surface area contributed by atoms with Gasteiger partial charge in [-0.3, -0.25) is 14.3 Å². The van der Waals surface area contributed by atoms with Crippen LogP contribution in [0.3, 0.4) is 0 Å². The van der Waals surface area contributed by atoms with E-state index in [9.17, 15) is 27.2 Å². The zero-order valence-electron chi connectivity index (χ0n) is 18.9. The molecule has 0 aliphatic rings. The molecular formula is C23H17ClF4N4O4. The van der Waals surface area contributed by atoms with E-state index in [2.05, 4.69) is 15.2 Å². The summed E-state index contributed by atoms with van der Waals surface area (Å²) in [6, 6.07) is 8.89. The third kappa shape index (κ3) is 4.59. The number of anilines is 1. The van der Waals surface area contributed by atoms with E-state index in [1.54, 1.807) is 13.0 Å². The van der Waals surface area contributed by atoms with E-state index in [4.69, 9.17) is 16.1 Å². The van der Waals surface area contributed by atoms with Gasteiger partial charge >= 0.3 is 6.36 Å². The number of carbonyl (C=O) groups is 1. The highest BCUT2D eigenvalue weighted by molar-refractivity contribution is 6.33. The van der Waals surface area contributed by atoms with Crippen LogP contribution in [-0.2, 0) is 7.05 Å². The number of amides is 1. The van der Waals surface area contributed by atoms with Gasteiger partial charge in [-0.1, -0.05) is 28.9 Å². The number of benzene rings is 2. The summed E-state index contributed by atoms with van der Waals surface area (Å²) in [6.07, 6.45) is -4.89. The number of alkyl halides is 3. The number of ether oxygens (including phenoxy) is 1. The second-order valence-corrected chi connectivity index (χ2v) is 8.09. The number of halogens is 5. The quantitative estimate of drug-likeness (QED) is 0.353. The van der Waals surface area contributed by atoms with Crippen molar-refractivity contribution in [2.24, 2.45) is 7.05 Å². The number of hydrogen-bond acceptors (Lipinski definition) is 5. The normalized spacial score (nSPS) is 11.6. The summed E-state index contributed by atoms with van der Waals surface area (Å²) in [7, 11) is 1.53. The van der Waals surface area contributed by atoms with Crippen LogP contribution >= 0.6 is 11.6 Å². The molecule has 0 fully saturated rings. The molecule has 0 radical (unpaired) electrons. The number of rotatable bonds is 5. The minimum absolute atomic E-state index is 0.00101. The molecule has 2 heterocycles. The number of carbonyl (C=O) groups excluding carboxylic acids is 1. The van der Waals surface area contributed by atoms with Gasteiger partial charge in [0.25, 0.3) is 11.5 Å². The molecule has 0 saturated heterocycles. The molecule has 36 heavy (non-hydrogen) atoms. The topological polar surface area (TPSA) is 91.3 Å². The lowest BCUT2D eigenvalue weighted by atomic mass is 10.1. The predicted octanol–water partition coefficient (Wildman–Crippen LogP) is 5.39. The van der Waals surface area contributed by atoms with Crippen LogP contribution in [0.2, 0.25) is 5.02 Å². The van der Waals surface area contributed by atoms with Crippen molar-refractivity contribution < 1.29 is 31.6 Å². The van der Waals surface area contributed by atoms with Crippen molar-refractivity contribution in [3.8, 4) is 22.8 Å². The maximum absolute atomic E-state index is 14.3. The first-order valence-electron chi connectivity index (χ1n) is 10.3. The van der Waals surface area contributed by atoms with Crippen molar-refractivity contribution in [2.75, 3.05) is 5.32 Å². The molecular weight excluding hydrogens is 508 g/mol. The number of nitrogens with zero attached hydrogens (tertiary/aromatic N) is 3. The van der Waals surface area contributed by atoms with E-state index in [0.29, 0.717) is 5.69 Å². The number of aromatic nitrogens is 3. The molecule has 0 bridgehead atoms. The Balaban J connectivity index is 1.65. The minimum Gasteiger partial charge on any atom is -0.406 e. The Hall–Kier alpha value is -4.06. The molecule has 4 rings (SSSR count). The lowest BCUT2D eigenvalue weighted by Gasteiger charge is -2.10. The van der Waals surface area contributed by atoms with E-state index in [-0.39, 0.29) is 39.0 Å². The van der Waals surface area contributed by atoms with Gasteiger partial charge in [-0.05, 0) is 44.2 Å². The summed E-state index contributed by atoms with van der Waals surface area (Å²) < 4.78 is 63.2. The molecule has 0 unspecified atom stereocenters. The molecule has 0 spiro atoms. The Morgan fingerprint density at radius 1 is 1.17 bits per heavy atom. The van der Waals surface area contributed by atoms with Crippen LogP contribution < -0.4 is 15.6 Å². The third-order valence-electron chi connectivity index (χ3n) is 5.43. The van der Waals surface area contributed by atoms with Gasteiger partial charge in [-0.2, -0.15) is 0 Å². The minimum atomic E-state index is -4.89. The average molecular weight is 525 g/mol. The van der Waals surface area contributed by atoms with E-state index >= 15 is 0 Å². The molecule has 188 valence electrons. The van der Waals surface area contributed by atoms with Gasteiger partial charge in [0, 0.05) is 18.2 Å². The summed E-state index contributed by atoms with van der Waals surface area (Å²) in [5, 5.41) is 6.09. The number of nitrogens with one attached hydrogen (secondary N) is 1. The fourth-order valence-corrected chi connectivity index (χ4v) is 3.85. The Labute approximate surface area is 205 Å². The summed E-state index contributed by atoms with van der Waals surface area (Å²) in [4.78, 5) is 26.0. The molecule has 2 aromatic carbocycles. The highest BCUT2D eigenvalue weighted by atomic mass is 35.5. The van der Waals surface area contributed by atoms with Crippen LogP contribution in [0.4, 0.5) is 23.2 Å². The average Bonchev–Trinajstić information content (AvgIpc) is 3.26. The van der Waals surface area contributed by atoms with Crippen molar-refractivity contribution >= 4 is 23.2 Å². The van der Waals surface area contributed by atoms with Gasteiger partial charge in [0.1, 0.15) is 22.9 Å². The Morgan fingerprint density at radius 3 is 2.50 bits per heavy atom. The maximum atomic E-state index is 14.3. The summed E-state index contributed by atoms with van der Waals surface area (Å²) >= 11 is 6.10. The maximum Gasteiger partial charge on any atom is 0.573 e. The fraction of sp³-hybridized carbons (Fsp3) is 0.174. The van der Waals surface area contributed by atoms with E-state index in [1.165, 1.54) is 42.9 Å². The van der Waals surface area contributed by atoms with E-state index < -0.39 is 29.4 Å². The first kappa shape index (κ1) is 25.0. The van der Waals surface area contributed by atoms with Gasteiger partial charge in [0.2, 0.25) is 0 Å². The fourth-order valence-electron chi connectivity index (χ4n) is 3.60. The lowest BCUT2D eigenvalue weighted by Crippen LogP contribution is -2.24. The molecule has 2 aromatic heterocycles.